The van der Waals surface area contributed by atoms with Crippen molar-refractivity contribution in [1.82, 2.24) is 0 Å². The number of carbonyl (C=O) groups excluding carboxylic acids is 1. The van der Waals surface area contributed by atoms with E-state index in [1.165, 1.54) is 44.9 Å². The molecule has 0 amide bonds. The first-order valence-electron chi connectivity index (χ1n) is 14.1. The molecule has 2 heteroatoms. The Kier molecular flexibility index (Phi) is 7.24. The van der Waals surface area contributed by atoms with E-state index in [0.717, 1.165) is 48.3 Å². The van der Waals surface area contributed by atoms with Crippen LogP contribution in [-0.2, 0) is 9.53 Å². The minimum Gasteiger partial charge on any atom is -0.462 e. The summed E-state index contributed by atoms with van der Waals surface area (Å²) in [5.74, 6) is 5.41. The van der Waals surface area contributed by atoms with Crippen molar-refractivity contribution < 1.29 is 9.53 Å². The SMILES string of the molecule is CC[C@H](/C=C/[C@@H](C)[C@H]1CCC2C3CC=C4C[C@@H](OC(C)=O)CC[C@]4(C)C3CC[C@@]21C)C(C)C. The van der Waals surface area contributed by atoms with Crippen LogP contribution >= 0.6 is 0 Å². The maximum Gasteiger partial charge on any atom is 0.302 e. The van der Waals surface area contributed by atoms with Crippen molar-refractivity contribution in [3.8, 4) is 0 Å². The predicted octanol–water partition coefficient (Wildman–Crippen LogP) is 8.37. The summed E-state index contributed by atoms with van der Waals surface area (Å²) in [6, 6.07) is 0. The van der Waals surface area contributed by atoms with E-state index in [0.29, 0.717) is 16.7 Å². The molecule has 0 aromatic heterocycles. The Labute approximate surface area is 204 Å². The Hall–Kier alpha value is -1.05. The highest BCUT2D eigenvalue weighted by Gasteiger charge is 2.59. The fourth-order valence-corrected chi connectivity index (χ4v) is 9.15. The van der Waals surface area contributed by atoms with Crippen molar-refractivity contribution in [2.45, 2.75) is 112 Å². The number of hydrogen-bond acceptors (Lipinski definition) is 2. The Morgan fingerprint density at radius 2 is 1.85 bits per heavy atom. The van der Waals surface area contributed by atoms with Gasteiger partial charge in [-0.05, 0) is 104 Å². The lowest BCUT2D eigenvalue weighted by Crippen LogP contribution is -2.51. The van der Waals surface area contributed by atoms with E-state index < -0.39 is 0 Å². The van der Waals surface area contributed by atoms with E-state index in [-0.39, 0.29) is 12.1 Å². The summed E-state index contributed by atoms with van der Waals surface area (Å²) in [4.78, 5) is 11.5. The van der Waals surface area contributed by atoms with Crippen LogP contribution in [0.5, 0.6) is 0 Å². The summed E-state index contributed by atoms with van der Waals surface area (Å²) >= 11 is 0. The van der Waals surface area contributed by atoms with Gasteiger partial charge < -0.3 is 4.74 Å². The molecule has 0 N–H and O–H groups in total. The zero-order valence-corrected chi connectivity index (χ0v) is 22.5. The Bertz CT molecular complexity index is 778. The summed E-state index contributed by atoms with van der Waals surface area (Å²) in [6.07, 6.45) is 19.2. The van der Waals surface area contributed by atoms with E-state index in [2.05, 4.69) is 59.8 Å². The second-order valence-corrected chi connectivity index (χ2v) is 13.0. The summed E-state index contributed by atoms with van der Waals surface area (Å²) in [6.45, 7) is 16.3. The molecule has 9 atom stereocenters. The minimum atomic E-state index is -0.120. The lowest BCUT2D eigenvalue weighted by Gasteiger charge is -2.58. The molecule has 3 saturated carbocycles. The highest BCUT2D eigenvalue weighted by molar-refractivity contribution is 5.66. The molecule has 0 saturated heterocycles. The van der Waals surface area contributed by atoms with Gasteiger partial charge in [0.05, 0.1) is 0 Å². The first-order valence-corrected chi connectivity index (χ1v) is 14.1. The van der Waals surface area contributed by atoms with Crippen molar-refractivity contribution in [3.63, 3.8) is 0 Å². The predicted molar refractivity (Wildman–Crippen MR) is 138 cm³/mol. The van der Waals surface area contributed by atoms with Gasteiger partial charge in [-0.15, -0.1) is 0 Å². The maximum atomic E-state index is 11.5. The molecule has 2 nitrogen and oxygen atoms in total. The van der Waals surface area contributed by atoms with Crippen LogP contribution < -0.4 is 0 Å². The van der Waals surface area contributed by atoms with E-state index in [1.807, 2.05) is 0 Å². The fraction of sp³-hybridized carbons (Fsp3) is 0.839. The molecule has 0 spiro atoms. The maximum absolute atomic E-state index is 11.5. The molecule has 0 heterocycles. The van der Waals surface area contributed by atoms with Crippen LogP contribution in [0, 0.1) is 52.3 Å². The molecular formula is C31H50O2. The van der Waals surface area contributed by atoms with Gasteiger partial charge in [0.2, 0.25) is 0 Å². The van der Waals surface area contributed by atoms with Gasteiger partial charge in [0.1, 0.15) is 6.10 Å². The first kappa shape index (κ1) is 25.1. The molecular weight excluding hydrogens is 404 g/mol. The summed E-state index contributed by atoms with van der Waals surface area (Å²) in [5.41, 5.74) is 2.44. The standard InChI is InChI=1S/C31H50O2/c1-8-23(20(2)3)10-9-21(4)27-13-14-28-26-12-11-24-19-25(33-22(5)32)15-17-30(24,6)29(26)16-18-31(27,28)7/h9-11,20-21,23,25-29H,8,12-19H2,1-7H3/b10-9+/t21-,23-,25+,26?,27-,28?,29?,30+,31-/m1/s1. The molecule has 0 aromatic carbocycles. The molecule has 3 unspecified atom stereocenters. The van der Waals surface area contributed by atoms with Gasteiger partial charge >= 0.3 is 5.97 Å². The zero-order valence-electron chi connectivity index (χ0n) is 22.5. The third-order valence-corrected chi connectivity index (χ3v) is 11.1. The molecule has 0 aromatic rings. The molecule has 4 aliphatic rings. The molecule has 4 rings (SSSR count). The largest absolute Gasteiger partial charge is 0.462 e. The van der Waals surface area contributed by atoms with E-state index in [9.17, 15) is 4.79 Å². The molecule has 3 fully saturated rings. The third kappa shape index (κ3) is 4.50. The Morgan fingerprint density at radius 3 is 2.52 bits per heavy atom. The quantitative estimate of drug-likeness (QED) is 0.297. The van der Waals surface area contributed by atoms with Crippen LogP contribution in [0.1, 0.15) is 106 Å². The number of fused-ring (bicyclic) bond motifs is 5. The average molecular weight is 455 g/mol. The third-order valence-electron chi connectivity index (χ3n) is 11.1. The van der Waals surface area contributed by atoms with Crippen molar-refractivity contribution in [3.05, 3.63) is 23.8 Å². The molecule has 33 heavy (non-hydrogen) atoms. The van der Waals surface area contributed by atoms with Crippen LogP contribution in [0.25, 0.3) is 0 Å². The highest BCUT2D eigenvalue weighted by atomic mass is 16.5. The van der Waals surface area contributed by atoms with Crippen LogP contribution in [0.15, 0.2) is 23.8 Å². The van der Waals surface area contributed by atoms with E-state index >= 15 is 0 Å². The van der Waals surface area contributed by atoms with Crippen molar-refractivity contribution in [2.24, 2.45) is 52.3 Å². The minimum absolute atomic E-state index is 0.105. The monoisotopic (exact) mass is 454 g/mol. The van der Waals surface area contributed by atoms with Gasteiger partial charge in [0.15, 0.2) is 0 Å². The van der Waals surface area contributed by atoms with Gasteiger partial charge in [-0.25, -0.2) is 0 Å². The van der Waals surface area contributed by atoms with Crippen molar-refractivity contribution in [2.75, 3.05) is 0 Å². The van der Waals surface area contributed by atoms with Crippen LogP contribution in [-0.4, -0.2) is 12.1 Å². The number of carbonyl (C=O) groups is 1. The van der Waals surface area contributed by atoms with E-state index in [4.69, 9.17) is 4.74 Å². The molecule has 0 radical (unpaired) electrons. The highest BCUT2D eigenvalue weighted by Crippen LogP contribution is 2.67. The molecule has 186 valence electrons. The first-order chi connectivity index (χ1) is 15.6. The number of rotatable bonds is 6. The number of esters is 1. The average Bonchev–Trinajstić information content (AvgIpc) is 3.11. The number of ether oxygens (including phenoxy) is 1. The second kappa shape index (κ2) is 9.54. The summed E-state index contributed by atoms with van der Waals surface area (Å²) in [5, 5.41) is 0. The molecule has 0 aliphatic heterocycles. The Morgan fingerprint density at radius 1 is 1.09 bits per heavy atom. The van der Waals surface area contributed by atoms with Gasteiger partial charge in [-0.1, -0.05) is 65.3 Å². The topological polar surface area (TPSA) is 26.3 Å². The molecule has 0 bridgehead atoms. The van der Waals surface area contributed by atoms with Gasteiger partial charge in [0.25, 0.3) is 0 Å². The van der Waals surface area contributed by atoms with Crippen molar-refractivity contribution in [1.29, 1.82) is 0 Å². The summed E-state index contributed by atoms with van der Waals surface area (Å²) in [7, 11) is 0. The molecule has 4 aliphatic carbocycles. The Balaban J connectivity index is 1.49. The normalized spacial score (nSPS) is 42.3. The summed E-state index contributed by atoms with van der Waals surface area (Å²) < 4.78 is 5.62. The van der Waals surface area contributed by atoms with Crippen LogP contribution in [0.2, 0.25) is 0 Å². The van der Waals surface area contributed by atoms with Crippen LogP contribution in [0.4, 0.5) is 0 Å². The van der Waals surface area contributed by atoms with Gasteiger partial charge in [0, 0.05) is 13.3 Å². The number of allylic oxidation sites excluding steroid dienone is 3. The smallest absolute Gasteiger partial charge is 0.302 e. The van der Waals surface area contributed by atoms with Gasteiger partial charge in [-0.2, -0.15) is 0 Å². The van der Waals surface area contributed by atoms with E-state index in [1.54, 1.807) is 12.5 Å². The lowest BCUT2D eigenvalue weighted by atomic mass is 9.47. The fourth-order valence-electron chi connectivity index (χ4n) is 9.15. The zero-order chi connectivity index (χ0) is 24.0. The van der Waals surface area contributed by atoms with Crippen LogP contribution in [0.3, 0.4) is 0 Å². The number of hydrogen-bond donors (Lipinski definition) is 0. The van der Waals surface area contributed by atoms with Gasteiger partial charge in [-0.3, -0.25) is 4.79 Å². The second-order valence-electron chi connectivity index (χ2n) is 13.0. The lowest BCUT2D eigenvalue weighted by molar-refractivity contribution is -0.148. The van der Waals surface area contributed by atoms with Crippen molar-refractivity contribution >= 4 is 5.97 Å².